The maximum atomic E-state index is 5.81. The lowest BCUT2D eigenvalue weighted by Crippen LogP contribution is -2.55. The van der Waals surface area contributed by atoms with Gasteiger partial charge in [-0.05, 0) is 19.4 Å². The van der Waals surface area contributed by atoms with Crippen LogP contribution >= 0.6 is 0 Å². The van der Waals surface area contributed by atoms with Crippen molar-refractivity contribution in [1.82, 2.24) is 19.9 Å². The van der Waals surface area contributed by atoms with Crippen LogP contribution in [0.15, 0.2) is 0 Å². The number of aromatic nitrogens is 3. The number of nitrogens with two attached hydrogens (primary N) is 1. The molecule has 2 aliphatic rings. The normalized spacial score (nSPS) is 23.5. The monoisotopic (exact) mass is 277 g/mol. The van der Waals surface area contributed by atoms with Crippen LogP contribution < -0.4 is 15.5 Å². The summed E-state index contributed by atoms with van der Waals surface area (Å²) >= 11 is 0. The van der Waals surface area contributed by atoms with Crippen LogP contribution in [0.3, 0.4) is 0 Å². The summed E-state index contributed by atoms with van der Waals surface area (Å²) in [6.07, 6.45) is 3.94. The third-order valence-corrected chi connectivity index (χ3v) is 4.15. The average molecular weight is 277 g/mol. The van der Waals surface area contributed by atoms with Crippen molar-refractivity contribution < 1.29 is 0 Å². The third-order valence-electron chi connectivity index (χ3n) is 4.15. The van der Waals surface area contributed by atoms with Crippen LogP contribution in [0.25, 0.3) is 0 Å². The minimum Gasteiger partial charge on any atom is -0.368 e. The molecular formula is C13H23N7. The minimum absolute atomic E-state index is 0.296. The van der Waals surface area contributed by atoms with E-state index in [0.29, 0.717) is 23.9 Å². The van der Waals surface area contributed by atoms with Crippen molar-refractivity contribution in [1.29, 1.82) is 0 Å². The van der Waals surface area contributed by atoms with Gasteiger partial charge in [0.15, 0.2) is 0 Å². The fourth-order valence-corrected chi connectivity index (χ4v) is 3.05. The van der Waals surface area contributed by atoms with Crippen LogP contribution in [-0.4, -0.2) is 66.2 Å². The summed E-state index contributed by atoms with van der Waals surface area (Å²) in [5, 5.41) is 0. The summed E-state index contributed by atoms with van der Waals surface area (Å²) < 4.78 is 0. The fourth-order valence-electron chi connectivity index (χ4n) is 3.05. The molecule has 0 aromatic carbocycles. The number of hydrogen-bond donors (Lipinski definition) is 1. The van der Waals surface area contributed by atoms with Crippen molar-refractivity contribution >= 4 is 17.8 Å². The zero-order valence-corrected chi connectivity index (χ0v) is 12.3. The van der Waals surface area contributed by atoms with E-state index in [0.717, 1.165) is 19.6 Å². The zero-order valence-electron chi connectivity index (χ0n) is 12.3. The van der Waals surface area contributed by atoms with Gasteiger partial charge in [-0.25, -0.2) is 0 Å². The maximum absolute atomic E-state index is 5.81. The molecule has 0 bridgehead atoms. The highest BCUT2D eigenvalue weighted by Gasteiger charge is 2.30. The summed E-state index contributed by atoms with van der Waals surface area (Å²) in [6, 6.07) is 0.637. The first-order valence-corrected chi connectivity index (χ1v) is 7.31. The summed E-state index contributed by atoms with van der Waals surface area (Å²) in [6.45, 7) is 4.29. The molecule has 110 valence electrons. The molecular weight excluding hydrogens is 254 g/mol. The minimum atomic E-state index is 0.296. The van der Waals surface area contributed by atoms with Crippen LogP contribution in [0.4, 0.5) is 17.8 Å². The van der Waals surface area contributed by atoms with Gasteiger partial charge in [-0.3, -0.25) is 4.90 Å². The number of piperazine rings is 1. The molecule has 7 nitrogen and oxygen atoms in total. The topological polar surface area (TPSA) is 74.4 Å². The van der Waals surface area contributed by atoms with Gasteiger partial charge >= 0.3 is 0 Å². The van der Waals surface area contributed by atoms with Crippen LogP contribution in [0.1, 0.15) is 19.3 Å². The highest BCUT2D eigenvalue weighted by molar-refractivity contribution is 5.43. The Balaban J connectivity index is 1.79. The highest BCUT2D eigenvalue weighted by atomic mass is 15.4. The van der Waals surface area contributed by atoms with Crippen molar-refractivity contribution in [2.24, 2.45) is 0 Å². The SMILES string of the molecule is CN(C)c1nc(N)nc(N2CCN3CCCCC3C2)n1. The largest absolute Gasteiger partial charge is 0.368 e. The van der Waals surface area contributed by atoms with E-state index in [-0.39, 0.29) is 0 Å². The number of anilines is 3. The van der Waals surface area contributed by atoms with E-state index < -0.39 is 0 Å². The van der Waals surface area contributed by atoms with Crippen molar-refractivity contribution in [3.05, 3.63) is 0 Å². The second-order valence-electron chi connectivity index (χ2n) is 5.82. The van der Waals surface area contributed by atoms with Crippen molar-refractivity contribution in [2.75, 3.05) is 55.8 Å². The van der Waals surface area contributed by atoms with Crippen molar-refractivity contribution in [3.8, 4) is 0 Å². The van der Waals surface area contributed by atoms with Crippen molar-refractivity contribution in [3.63, 3.8) is 0 Å². The molecule has 0 spiro atoms. The molecule has 3 heterocycles. The lowest BCUT2D eigenvalue weighted by Gasteiger charge is -2.44. The standard InChI is InChI=1S/C13H23N7/c1-18(2)12-15-11(14)16-13(17-12)20-8-7-19-6-4-3-5-10(19)9-20/h10H,3-9H2,1-2H3,(H2,14,15,16,17). The van der Waals surface area contributed by atoms with Gasteiger partial charge in [0.05, 0.1) is 0 Å². The van der Waals surface area contributed by atoms with E-state index >= 15 is 0 Å². The van der Waals surface area contributed by atoms with Gasteiger partial charge in [-0.15, -0.1) is 0 Å². The number of fused-ring (bicyclic) bond motifs is 1. The molecule has 20 heavy (non-hydrogen) atoms. The number of nitrogens with zero attached hydrogens (tertiary/aromatic N) is 6. The Kier molecular flexibility index (Phi) is 3.60. The second-order valence-corrected chi connectivity index (χ2v) is 5.82. The van der Waals surface area contributed by atoms with Crippen LogP contribution in [0, 0.1) is 0 Å². The smallest absolute Gasteiger partial charge is 0.232 e. The van der Waals surface area contributed by atoms with Gasteiger partial charge in [0.2, 0.25) is 17.8 Å². The van der Waals surface area contributed by atoms with Gasteiger partial charge in [0.25, 0.3) is 0 Å². The predicted molar refractivity (Wildman–Crippen MR) is 80.0 cm³/mol. The first-order chi connectivity index (χ1) is 9.63. The zero-order chi connectivity index (χ0) is 14.1. The Morgan fingerprint density at radius 3 is 2.75 bits per heavy atom. The van der Waals surface area contributed by atoms with E-state index in [1.54, 1.807) is 0 Å². The predicted octanol–water partition coefficient (Wildman–Crippen LogP) is 0.194. The Labute approximate surface area is 119 Å². The molecule has 1 aromatic rings. The van der Waals surface area contributed by atoms with E-state index in [9.17, 15) is 0 Å². The lowest BCUT2D eigenvalue weighted by molar-refractivity contribution is 0.133. The number of hydrogen-bond acceptors (Lipinski definition) is 7. The molecule has 0 amide bonds. The third kappa shape index (κ3) is 2.63. The molecule has 3 rings (SSSR count). The molecule has 2 fully saturated rings. The Morgan fingerprint density at radius 2 is 1.95 bits per heavy atom. The highest BCUT2D eigenvalue weighted by Crippen LogP contribution is 2.24. The lowest BCUT2D eigenvalue weighted by atomic mass is 10.00. The number of nitrogen functional groups attached to an aromatic ring is 1. The van der Waals surface area contributed by atoms with Crippen molar-refractivity contribution in [2.45, 2.75) is 25.3 Å². The molecule has 1 atom stereocenters. The van der Waals surface area contributed by atoms with Gasteiger partial charge in [-0.2, -0.15) is 15.0 Å². The van der Waals surface area contributed by atoms with Crippen LogP contribution in [0.2, 0.25) is 0 Å². The summed E-state index contributed by atoms with van der Waals surface area (Å²) in [7, 11) is 3.83. The molecule has 0 radical (unpaired) electrons. The van der Waals surface area contributed by atoms with E-state index in [4.69, 9.17) is 5.73 Å². The number of piperidine rings is 1. The Bertz CT molecular complexity index is 476. The van der Waals surface area contributed by atoms with E-state index in [1.807, 2.05) is 19.0 Å². The quantitative estimate of drug-likeness (QED) is 0.827. The molecule has 0 aliphatic carbocycles. The Morgan fingerprint density at radius 1 is 1.10 bits per heavy atom. The first-order valence-electron chi connectivity index (χ1n) is 7.31. The summed E-state index contributed by atoms with van der Waals surface area (Å²) in [5.41, 5.74) is 5.81. The van der Waals surface area contributed by atoms with Crippen LogP contribution in [0.5, 0.6) is 0 Å². The summed E-state index contributed by atoms with van der Waals surface area (Å²) in [5.74, 6) is 1.63. The molecule has 2 aliphatic heterocycles. The Hall–Kier alpha value is -1.63. The molecule has 2 N–H and O–H groups in total. The molecule has 1 unspecified atom stereocenters. The molecule has 0 saturated carbocycles. The van der Waals surface area contributed by atoms with E-state index in [1.165, 1.54) is 25.8 Å². The molecule has 1 aromatic heterocycles. The van der Waals surface area contributed by atoms with E-state index in [2.05, 4.69) is 24.8 Å². The fraction of sp³-hybridized carbons (Fsp3) is 0.769. The average Bonchev–Trinajstić information content (AvgIpc) is 2.46. The van der Waals surface area contributed by atoms with Gasteiger partial charge in [0, 0.05) is 39.8 Å². The van der Waals surface area contributed by atoms with Gasteiger partial charge in [0.1, 0.15) is 0 Å². The molecule has 2 saturated heterocycles. The summed E-state index contributed by atoms with van der Waals surface area (Å²) in [4.78, 5) is 19.7. The second kappa shape index (κ2) is 5.40. The maximum Gasteiger partial charge on any atom is 0.232 e. The number of rotatable bonds is 2. The first kappa shape index (κ1) is 13.4. The van der Waals surface area contributed by atoms with Gasteiger partial charge < -0.3 is 15.5 Å². The van der Waals surface area contributed by atoms with Gasteiger partial charge in [-0.1, -0.05) is 6.42 Å². The van der Waals surface area contributed by atoms with Crippen LogP contribution in [-0.2, 0) is 0 Å². The molecule has 7 heteroatoms.